The molecule has 2 aromatic carbocycles. The molecule has 0 saturated heterocycles. The predicted molar refractivity (Wildman–Crippen MR) is 94.5 cm³/mol. The molecule has 1 aromatic heterocycles. The van der Waals surface area contributed by atoms with Crippen LogP contribution >= 0.6 is 0 Å². The first-order valence-electron chi connectivity index (χ1n) is 7.61. The van der Waals surface area contributed by atoms with E-state index in [-0.39, 0.29) is 4.90 Å². The predicted octanol–water partition coefficient (Wildman–Crippen LogP) is 3.35. The summed E-state index contributed by atoms with van der Waals surface area (Å²) >= 11 is 0. The van der Waals surface area contributed by atoms with E-state index >= 15 is 0 Å². The van der Waals surface area contributed by atoms with E-state index in [1.807, 2.05) is 44.2 Å². The molecule has 3 rings (SSSR count). The highest BCUT2D eigenvalue weighted by molar-refractivity contribution is 7.92. The molecule has 0 unspecified atom stereocenters. The molecule has 0 aliphatic rings. The van der Waals surface area contributed by atoms with E-state index in [1.165, 1.54) is 0 Å². The lowest BCUT2D eigenvalue weighted by atomic mass is 10.1. The fourth-order valence-corrected chi connectivity index (χ4v) is 3.43. The van der Waals surface area contributed by atoms with Gasteiger partial charge in [0.1, 0.15) is 0 Å². The van der Waals surface area contributed by atoms with Gasteiger partial charge in [0.05, 0.1) is 11.4 Å². The van der Waals surface area contributed by atoms with Gasteiger partial charge in [-0.25, -0.2) is 8.42 Å². The molecule has 0 amide bonds. The van der Waals surface area contributed by atoms with Crippen molar-refractivity contribution in [1.29, 1.82) is 0 Å². The summed E-state index contributed by atoms with van der Waals surface area (Å²) in [4.78, 5) is 0.239. The summed E-state index contributed by atoms with van der Waals surface area (Å²) in [5, 5.41) is 4.28. The van der Waals surface area contributed by atoms with E-state index in [1.54, 1.807) is 35.1 Å². The number of aromatic nitrogens is 2. The van der Waals surface area contributed by atoms with Gasteiger partial charge in [0.15, 0.2) is 5.82 Å². The van der Waals surface area contributed by atoms with Gasteiger partial charge in [-0.3, -0.25) is 9.40 Å². The van der Waals surface area contributed by atoms with Crippen molar-refractivity contribution in [2.24, 2.45) is 0 Å². The molecule has 1 heterocycles. The van der Waals surface area contributed by atoms with Crippen molar-refractivity contribution in [3.8, 4) is 0 Å². The maximum atomic E-state index is 12.5. The van der Waals surface area contributed by atoms with Crippen molar-refractivity contribution >= 4 is 15.8 Å². The minimum absolute atomic E-state index is 0.239. The van der Waals surface area contributed by atoms with E-state index in [0.29, 0.717) is 12.4 Å². The fourth-order valence-electron chi connectivity index (χ4n) is 2.35. The number of rotatable bonds is 5. The Morgan fingerprint density at radius 2 is 1.75 bits per heavy atom. The molecule has 0 fully saturated rings. The van der Waals surface area contributed by atoms with E-state index in [9.17, 15) is 8.42 Å². The van der Waals surface area contributed by atoms with Gasteiger partial charge >= 0.3 is 0 Å². The summed E-state index contributed by atoms with van der Waals surface area (Å²) in [5.41, 5.74) is 3.10. The third kappa shape index (κ3) is 3.65. The molecule has 0 radical (unpaired) electrons. The van der Waals surface area contributed by atoms with Crippen LogP contribution in [0.5, 0.6) is 0 Å². The van der Waals surface area contributed by atoms with Crippen molar-refractivity contribution in [3.05, 3.63) is 77.5 Å². The molecule has 0 bridgehead atoms. The number of nitrogens with one attached hydrogen (secondary N) is 1. The van der Waals surface area contributed by atoms with Gasteiger partial charge in [-0.2, -0.15) is 5.10 Å². The quantitative estimate of drug-likeness (QED) is 0.774. The standard InChI is InChI=1S/C18H19N3O2S/c1-14-8-9-17(12-15(14)2)24(22,23)20-18-10-11-21(19-18)13-16-6-4-3-5-7-16/h3-12H,13H2,1-2H3,(H,19,20). The number of benzene rings is 2. The highest BCUT2D eigenvalue weighted by Gasteiger charge is 2.16. The second-order valence-corrected chi connectivity index (χ2v) is 7.42. The van der Waals surface area contributed by atoms with Gasteiger partial charge < -0.3 is 0 Å². The van der Waals surface area contributed by atoms with Crippen LogP contribution in [0, 0.1) is 13.8 Å². The molecule has 124 valence electrons. The van der Waals surface area contributed by atoms with Crippen LogP contribution < -0.4 is 4.72 Å². The molecule has 1 N–H and O–H groups in total. The molecular formula is C18H19N3O2S. The summed E-state index contributed by atoms with van der Waals surface area (Å²) in [6.07, 6.45) is 1.76. The summed E-state index contributed by atoms with van der Waals surface area (Å²) in [6.45, 7) is 4.43. The van der Waals surface area contributed by atoms with E-state index in [4.69, 9.17) is 0 Å². The normalized spacial score (nSPS) is 11.4. The Morgan fingerprint density at radius 3 is 2.46 bits per heavy atom. The molecule has 0 atom stereocenters. The average molecular weight is 341 g/mol. The number of anilines is 1. The lowest BCUT2D eigenvalue weighted by Gasteiger charge is -2.08. The molecule has 6 heteroatoms. The van der Waals surface area contributed by atoms with Crippen LogP contribution in [0.3, 0.4) is 0 Å². The van der Waals surface area contributed by atoms with Gasteiger partial charge in [-0.05, 0) is 42.7 Å². The topological polar surface area (TPSA) is 64.0 Å². The van der Waals surface area contributed by atoms with Crippen LogP contribution in [-0.2, 0) is 16.6 Å². The molecule has 24 heavy (non-hydrogen) atoms. The third-order valence-corrected chi connectivity index (χ3v) is 5.21. The van der Waals surface area contributed by atoms with Crippen LogP contribution in [0.4, 0.5) is 5.82 Å². The Bertz CT molecular complexity index is 947. The Hall–Kier alpha value is -2.60. The van der Waals surface area contributed by atoms with Gasteiger partial charge in [0.25, 0.3) is 10.0 Å². The minimum Gasteiger partial charge on any atom is -0.266 e. The second kappa shape index (κ2) is 6.49. The number of sulfonamides is 1. The highest BCUT2D eigenvalue weighted by atomic mass is 32.2. The SMILES string of the molecule is Cc1ccc(S(=O)(=O)Nc2ccn(Cc3ccccc3)n2)cc1C. The monoisotopic (exact) mass is 341 g/mol. The Balaban J connectivity index is 1.77. The van der Waals surface area contributed by atoms with Gasteiger partial charge in [-0.1, -0.05) is 36.4 Å². The van der Waals surface area contributed by atoms with Crippen molar-refractivity contribution in [1.82, 2.24) is 9.78 Å². The number of aryl methyl sites for hydroxylation is 2. The Labute approximate surface area is 142 Å². The van der Waals surface area contributed by atoms with Crippen LogP contribution in [-0.4, -0.2) is 18.2 Å². The fraction of sp³-hybridized carbons (Fsp3) is 0.167. The van der Waals surface area contributed by atoms with Crippen molar-refractivity contribution in [2.75, 3.05) is 4.72 Å². The molecule has 5 nitrogen and oxygen atoms in total. The second-order valence-electron chi connectivity index (χ2n) is 5.74. The molecule has 0 aliphatic heterocycles. The summed E-state index contributed by atoms with van der Waals surface area (Å²) in [7, 11) is -3.64. The van der Waals surface area contributed by atoms with E-state index in [2.05, 4.69) is 9.82 Å². The minimum atomic E-state index is -3.64. The first-order chi connectivity index (χ1) is 11.4. The number of hydrogen-bond acceptors (Lipinski definition) is 3. The Morgan fingerprint density at radius 1 is 1.00 bits per heavy atom. The van der Waals surface area contributed by atoms with Crippen molar-refractivity contribution in [2.45, 2.75) is 25.3 Å². The number of hydrogen-bond donors (Lipinski definition) is 1. The summed E-state index contributed by atoms with van der Waals surface area (Å²) in [6, 6.07) is 16.6. The first kappa shape index (κ1) is 16.3. The zero-order valence-corrected chi connectivity index (χ0v) is 14.4. The molecule has 3 aromatic rings. The van der Waals surface area contributed by atoms with Crippen LogP contribution in [0.15, 0.2) is 65.7 Å². The molecular weight excluding hydrogens is 322 g/mol. The van der Waals surface area contributed by atoms with Crippen molar-refractivity contribution in [3.63, 3.8) is 0 Å². The largest absolute Gasteiger partial charge is 0.266 e. The Kier molecular flexibility index (Phi) is 4.40. The average Bonchev–Trinajstić information content (AvgIpc) is 2.97. The smallest absolute Gasteiger partial charge is 0.263 e. The summed E-state index contributed by atoms with van der Waals surface area (Å²) < 4.78 is 29.2. The number of nitrogens with zero attached hydrogens (tertiary/aromatic N) is 2. The van der Waals surface area contributed by atoms with Gasteiger partial charge in [0.2, 0.25) is 0 Å². The zero-order valence-electron chi connectivity index (χ0n) is 13.6. The first-order valence-corrected chi connectivity index (χ1v) is 9.10. The van der Waals surface area contributed by atoms with Gasteiger partial charge in [-0.15, -0.1) is 0 Å². The van der Waals surface area contributed by atoms with E-state index in [0.717, 1.165) is 16.7 Å². The maximum Gasteiger partial charge on any atom is 0.263 e. The lowest BCUT2D eigenvalue weighted by Crippen LogP contribution is -2.14. The van der Waals surface area contributed by atoms with E-state index < -0.39 is 10.0 Å². The third-order valence-electron chi connectivity index (χ3n) is 3.86. The maximum absolute atomic E-state index is 12.5. The molecule has 0 spiro atoms. The van der Waals surface area contributed by atoms with Gasteiger partial charge in [0, 0.05) is 12.3 Å². The lowest BCUT2D eigenvalue weighted by molar-refractivity contribution is 0.600. The highest BCUT2D eigenvalue weighted by Crippen LogP contribution is 2.18. The van der Waals surface area contributed by atoms with Crippen LogP contribution in [0.1, 0.15) is 16.7 Å². The van der Waals surface area contributed by atoms with Crippen molar-refractivity contribution < 1.29 is 8.42 Å². The van der Waals surface area contributed by atoms with Crippen LogP contribution in [0.2, 0.25) is 0 Å². The zero-order chi connectivity index (χ0) is 17.2. The van der Waals surface area contributed by atoms with Crippen LogP contribution in [0.25, 0.3) is 0 Å². The summed E-state index contributed by atoms with van der Waals surface area (Å²) in [5.74, 6) is 0.309. The molecule has 0 aliphatic carbocycles. The molecule has 0 saturated carbocycles.